The molecule has 27 heavy (non-hydrogen) atoms. The Hall–Kier alpha value is -2.41. The van der Waals surface area contributed by atoms with Crippen molar-refractivity contribution in [1.82, 2.24) is 9.80 Å². The molecule has 2 aliphatic heterocycles. The van der Waals surface area contributed by atoms with Gasteiger partial charge in [0.05, 0.1) is 0 Å². The van der Waals surface area contributed by atoms with Gasteiger partial charge in [0.25, 0.3) is 11.8 Å². The van der Waals surface area contributed by atoms with Crippen LogP contribution in [0.15, 0.2) is 24.3 Å². The maximum absolute atomic E-state index is 12.3. The molecule has 2 aliphatic rings. The van der Waals surface area contributed by atoms with Crippen LogP contribution in [0.2, 0.25) is 0 Å². The summed E-state index contributed by atoms with van der Waals surface area (Å²) in [5.74, 6) is 0.571. The van der Waals surface area contributed by atoms with E-state index in [4.69, 9.17) is 9.47 Å². The summed E-state index contributed by atoms with van der Waals surface area (Å²) >= 11 is 0. The zero-order chi connectivity index (χ0) is 19.2. The summed E-state index contributed by atoms with van der Waals surface area (Å²) in [6.45, 7) is 4.48. The molecular formula is C20H26N2O5. The minimum Gasteiger partial charge on any atom is -0.484 e. The number of piperazine rings is 1. The van der Waals surface area contributed by atoms with Gasteiger partial charge in [-0.15, -0.1) is 0 Å². The van der Waals surface area contributed by atoms with Crippen LogP contribution in [0.1, 0.15) is 36.5 Å². The lowest BCUT2D eigenvalue weighted by Crippen LogP contribution is -2.53. The van der Waals surface area contributed by atoms with Crippen molar-refractivity contribution in [3.63, 3.8) is 0 Å². The van der Waals surface area contributed by atoms with Gasteiger partial charge >= 0.3 is 0 Å². The Morgan fingerprint density at radius 2 is 1.74 bits per heavy atom. The highest BCUT2D eigenvalue weighted by atomic mass is 16.5. The van der Waals surface area contributed by atoms with E-state index in [1.165, 1.54) is 0 Å². The molecule has 0 aromatic heterocycles. The van der Waals surface area contributed by atoms with Crippen molar-refractivity contribution in [2.24, 2.45) is 0 Å². The van der Waals surface area contributed by atoms with Crippen LogP contribution in [0.4, 0.5) is 0 Å². The van der Waals surface area contributed by atoms with Crippen LogP contribution in [0.25, 0.3) is 0 Å². The van der Waals surface area contributed by atoms with Crippen LogP contribution in [-0.4, -0.2) is 72.9 Å². The van der Waals surface area contributed by atoms with Crippen molar-refractivity contribution in [1.29, 1.82) is 0 Å². The SMILES string of the molecule is CCC(=O)c1ccc(OCC(=O)N2CCN(C(=O)[C@H]3CCCO3)CC2)cc1. The second kappa shape index (κ2) is 8.99. The summed E-state index contributed by atoms with van der Waals surface area (Å²) in [6, 6.07) is 6.82. The van der Waals surface area contributed by atoms with E-state index in [0.29, 0.717) is 50.5 Å². The number of amides is 2. The Balaban J connectivity index is 1.43. The highest BCUT2D eigenvalue weighted by molar-refractivity contribution is 5.95. The number of hydrogen-bond acceptors (Lipinski definition) is 5. The first-order valence-electron chi connectivity index (χ1n) is 9.52. The maximum atomic E-state index is 12.3. The molecular weight excluding hydrogens is 348 g/mol. The van der Waals surface area contributed by atoms with Gasteiger partial charge in [-0.25, -0.2) is 0 Å². The van der Waals surface area contributed by atoms with E-state index in [-0.39, 0.29) is 30.3 Å². The first-order valence-corrected chi connectivity index (χ1v) is 9.52. The Kier molecular flexibility index (Phi) is 6.45. The van der Waals surface area contributed by atoms with Gasteiger partial charge in [-0.2, -0.15) is 0 Å². The van der Waals surface area contributed by atoms with Crippen molar-refractivity contribution in [3.05, 3.63) is 29.8 Å². The van der Waals surface area contributed by atoms with Gasteiger partial charge in [-0.1, -0.05) is 6.92 Å². The number of hydrogen-bond donors (Lipinski definition) is 0. The molecule has 146 valence electrons. The summed E-state index contributed by atoms with van der Waals surface area (Å²) in [4.78, 5) is 39.8. The van der Waals surface area contributed by atoms with Crippen LogP contribution in [-0.2, 0) is 14.3 Å². The van der Waals surface area contributed by atoms with Crippen molar-refractivity contribution < 1.29 is 23.9 Å². The molecule has 0 spiro atoms. The number of ketones is 1. The van der Waals surface area contributed by atoms with E-state index in [9.17, 15) is 14.4 Å². The Morgan fingerprint density at radius 3 is 2.33 bits per heavy atom. The second-order valence-electron chi connectivity index (χ2n) is 6.80. The average molecular weight is 374 g/mol. The van der Waals surface area contributed by atoms with E-state index in [2.05, 4.69) is 0 Å². The molecule has 2 fully saturated rings. The van der Waals surface area contributed by atoms with Crippen molar-refractivity contribution >= 4 is 17.6 Å². The number of carbonyl (C=O) groups excluding carboxylic acids is 3. The van der Waals surface area contributed by atoms with Crippen LogP contribution in [0, 0.1) is 0 Å². The van der Waals surface area contributed by atoms with E-state index in [1.54, 1.807) is 34.1 Å². The molecule has 2 amide bonds. The summed E-state index contributed by atoms with van der Waals surface area (Å²) in [5.41, 5.74) is 0.642. The van der Waals surface area contributed by atoms with E-state index in [0.717, 1.165) is 12.8 Å². The molecule has 2 heterocycles. The first-order chi connectivity index (χ1) is 13.1. The number of ether oxygens (including phenoxy) is 2. The van der Waals surface area contributed by atoms with Crippen LogP contribution in [0.5, 0.6) is 5.75 Å². The summed E-state index contributed by atoms with van der Waals surface area (Å²) < 4.78 is 11.0. The van der Waals surface area contributed by atoms with Crippen LogP contribution in [0.3, 0.4) is 0 Å². The Bertz CT molecular complexity index is 674. The largest absolute Gasteiger partial charge is 0.484 e. The van der Waals surface area contributed by atoms with Gasteiger partial charge in [0.1, 0.15) is 11.9 Å². The summed E-state index contributed by atoms with van der Waals surface area (Å²) in [6.07, 6.45) is 1.87. The van der Waals surface area contributed by atoms with Gasteiger partial charge in [0, 0.05) is 44.8 Å². The van der Waals surface area contributed by atoms with E-state index < -0.39 is 0 Å². The van der Waals surface area contributed by atoms with Crippen LogP contribution >= 0.6 is 0 Å². The zero-order valence-electron chi connectivity index (χ0n) is 15.7. The summed E-state index contributed by atoms with van der Waals surface area (Å²) in [7, 11) is 0. The molecule has 3 rings (SSSR count). The molecule has 0 unspecified atom stereocenters. The Morgan fingerprint density at radius 1 is 1.07 bits per heavy atom. The van der Waals surface area contributed by atoms with Gasteiger partial charge in [-0.3, -0.25) is 14.4 Å². The molecule has 2 saturated heterocycles. The molecule has 1 aromatic rings. The highest BCUT2D eigenvalue weighted by Gasteiger charge is 2.31. The van der Waals surface area contributed by atoms with Gasteiger partial charge < -0.3 is 19.3 Å². The first kappa shape index (κ1) is 19.4. The number of rotatable bonds is 6. The molecule has 0 aliphatic carbocycles. The molecule has 7 nitrogen and oxygen atoms in total. The lowest BCUT2D eigenvalue weighted by Gasteiger charge is -2.35. The number of nitrogens with zero attached hydrogens (tertiary/aromatic N) is 2. The van der Waals surface area contributed by atoms with Crippen molar-refractivity contribution in [2.75, 3.05) is 39.4 Å². The topological polar surface area (TPSA) is 76.2 Å². The molecule has 1 atom stereocenters. The highest BCUT2D eigenvalue weighted by Crippen LogP contribution is 2.17. The third-order valence-electron chi connectivity index (χ3n) is 5.01. The lowest BCUT2D eigenvalue weighted by molar-refractivity contribution is -0.146. The average Bonchev–Trinajstić information content (AvgIpc) is 3.26. The smallest absolute Gasteiger partial charge is 0.260 e. The maximum Gasteiger partial charge on any atom is 0.260 e. The summed E-state index contributed by atoms with van der Waals surface area (Å²) in [5, 5.41) is 0. The minimum absolute atomic E-state index is 0.0394. The Labute approximate surface area is 159 Å². The standard InChI is InChI=1S/C20H26N2O5/c1-2-17(23)15-5-7-16(8-6-15)27-14-19(24)21-9-11-22(12-10-21)20(25)18-4-3-13-26-18/h5-8,18H,2-4,9-14H2,1H3/t18-/m1/s1. The molecule has 7 heteroatoms. The van der Waals surface area contributed by atoms with Crippen LogP contribution < -0.4 is 4.74 Å². The van der Waals surface area contributed by atoms with E-state index in [1.807, 2.05) is 6.92 Å². The quantitative estimate of drug-likeness (QED) is 0.706. The predicted molar refractivity (Wildman–Crippen MR) is 98.7 cm³/mol. The zero-order valence-corrected chi connectivity index (χ0v) is 15.7. The predicted octanol–water partition coefficient (Wildman–Crippen LogP) is 1.51. The normalized spacial score (nSPS) is 19.8. The minimum atomic E-state index is -0.307. The lowest BCUT2D eigenvalue weighted by atomic mass is 10.1. The van der Waals surface area contributed by atoms with Gasteiger partial charge in [0.2, 0.25) is 0 Å². The third kappa shape index (κ3) is 4.86. The van der Waals surface area contributed by atoms with E-state index >= 15 is 0 Å². The fourth-order valence-corrected chi connectivity index (χ4v) is 3.33. The number of benzene rings is 1. The molecule has 0 bridgehead atoms. The fraction of sp³-hybridized carbons (Fsp3) is 0.550. The fourth-order valence-electron chi connectivity index (χ4n) is 3.33. The van der Waals surface area contributed by atoms with Gasteiger partial charge in [0.15, 0.2) is 12.4 Å². The molecule has 1 aromatic carbocycles. The third-order valence-corrected chi connectivity index (χ3v) is 5.01. The van der Waals surface area contributed by atoms with Crippen molar-refractivity contribution in [2.45, 2.75) is 32.3 Å². The monoisotopic (exact) mass is 374 g/mol. The van der Waals surface area contributed by atoms with Crippen molar-refractivity contribution in [3.8, 4) is 5.75 Å². The molecule has 0 saturated carbocycles. The second-order valence-corrected chi connectivity index (χ2v) is 6.80. The molecule has 0 radical (unpaired) electrons. The van der Waals surface area contributed by atoms with Gasteiger partial charge in [-0.05, 0) is 37.1 Å². The number of Topliss-reactive ketones (excluding diaryl/α,β-unsaturated/α-hetero) is 1. The number of carbonyl (C=O) groups is 3. The molecule has 0 N–H and O–H groups in total.